The first-order chi connectivity index (χ1) is 18.6. The van der Waals surface area contributed by atoms with Crippen LogP contribution in [-0.2, 0) is 23.7 Å². The van der Waals surface area contributed by atoms with E-state index < -0.39 is 0 Å². The molecule has 0 aliphatic carbocycles. The third-order valence-electron chi connectivity index (χ3n) is 6.33. The Morgan fingerprint density at radius 3 is 2.21 bits per heavy atom. The summed E-state index contributed by atoms with van der Waals surface area (Å²) in [6.07, 6.45) is 3.71. The van der Waals surface area contributed by atoms with Gasteiger partial charge in [0.05, 0.1) is 64.9 Å². The van der Waals surface area contributed by atoms with Gasteiger partial charge in [-0.2, -0.15) is 11.8 Å². The van der Waals surface area contributed by atoms with Gasteiger partial charge in [0, 0.05) is 36.0 Å². The Hall–Kier alpha value is -2.18. The van der Waals surface area contributed by atoms with Gasteiger partial charge in [-0.3, -0.25) is 9.59 Å². The number of amides is 3. The van der Waals surface area contributed by atoms with Crippen LogP contribution >= 0.6 is 11.8 Å². The van der Waals surface area contributed by atoms with E-state index in [9.17, 15) is 14.4 Å². The highest BCUT2D eigenvalue weighted by Gasteiger charge is 2.42. The van der Waals surface area contributed by atoms with Gasteiger partial charge in [0.15, 0.2) is 5.78 Å². The summed E-state index contributed by atoms with van der Waals surface area (Å²) in [5.41, 5.74) is 0.706. The SMILES string of the molecule is O=C(CCCCC1SCC2NC(=O)NC21)NCCOCCOCCOCCOCCC(=O)c1ccccc1. The van der Waals surface area contributed by atoms with Crippen LogP contribution in [0.5, 0.6) is 0 Å². The molecule has 0 spiro atoms. The number of benzene rings is 1. The molecule has 1 aromatic rings. The molecule has 3 N–H and O–H groups in total. The molecule has 10 nitrogen and oxygen atoms in total. The van der Waals surface area contributed by atoms with E-state index in [1.54, 1.807) is 12.1 Å². The van der Waals surface area contributed by atoms with Crippen LogP contribution in [0.4, 0.5) is 4.79 Å². The van der Waals surface area contributed by atoms with E-state index in [2.05, 4.69) is 16.0 Å². The van der Waals surface area contributed by atoms with Crippen LogP contribution in [0, 0.1) is 0 Å². The van der Waals surface area contributed by atoms with E-state index in [-0.39, 0.29) is 29.8 Å². The Bertz CT molecular complexity index is 845. The first-order valence-electron chi connectivity index (χ1n) is 13.5. The Kier molecular flexibility index (Phi) is 14.5. The van der Waals surface area contributed by atoms with Crippen molar-refractivity contribution in [2.45, 2.75) is 49.4 Å². The fourth-order valence-electron chi connectivity index (χ4n) is 4.32. The number of urea groups is 1. The van der Waals surface area contributed by atoms with Gasteiger partial charge in [-0.05, 0) is 12.8 Å². The Balaban J connectivity index is 1.01. The van der Waals surface area contributed by atoms with Crippen molar-refractivity contribution in [2.24, 2.45) is 0 Å². The first-order valence-corrected chi connectivity index (χ1v) is 14.5. The fourth-order valence-corrected chi connectivity index (χ4v) is 5.86. The summed E-state index contributed by atoms with van der Waals surface area (Å²) < 4.78 is 21.8. The Morgan fingerprint density at radius 1 is 0.842 bits per heavy atom. The molecule has 3 rings (SSSR count). The quantitative estimate of drug-likeness (QED) is 0.121. The van der Waals surface area contributed by atoms with Gasteiger partial charge in [-0.15, -0.1) is 0 Å². The maximum absolute atomic E-state index is 12.0. The van der Waals surface area contributed by atoms with Crippen LogP contribution in [0.25, 0.3) is 0 Å². The van der Waals surface area contributed by atoms with Gasteiger partial charge in [0.25, 0.3) is 0 Å². The minimum atomic E-state index is -0.0594. The predicted octanol–water partition coefficient (Wildman–Crippen LogP) is 2.17. The largest absolute Gasteiger partial charge is 0.379 e. The number of rotatable bonds is 21. The zero-order valence-corrected chi connectivity index (χ0v) is 22.8. The molecule has 0 aromatic heterocycles. The summed E-state index contributed by atoms with van der Waals surface area (Å²) in [5, 5.41) is 9.27. The highest BCUT2D eigenvalue weighted by molar-refractivity contribution is 8.00. The average molecular weight is 552 g/mol. The lowest BCUT2D eigenvalue weighted by Crippen LogP contribution is -2.36. The van der Waals surface area contributed by atoms with Crippen molar-refractivity contribution in [3.63, 3.8) is 0 Å². The second-order valence-corrected chi connectivity index (χ2v) is 10.5. The normalized spacial score (nSPS) is 20.1. The van der Waals surface area contributed by atoms with E-state index in [1.165, 1.54) is 0 Å². The lowest BCUT2D eigenvalue weighted by molar-refractivity contribution is -0.121. The number of hydrogen-bond donors (Lipinski definition) is 3. The molecule has 3 unspecified atom stereocenters. The van der Waals surface area contributed by atoms with E-state index in [0.29, 0.717) is 83.1 Å². The second kappa shape index (κ2) is 18.2. The Labute approximate surface area is 229 Å². The van der Waals surface area contributed by atoms with Gasteiger partial charge in [-0.1, -0.05) is 36.8 Å². The molecule has 2 fully saturated rings. The number of hydrogen-bond acceptors (Lipinski definition) is 8. The van der Waals surface area contributed by atoms with Crippen molar-refractivity contribution in [2.75, 3.05) is 65.2 Å². The minimum absolute atomic E-state index is 0.0431. The summed E-state index contributed by atoms with van der Waals surface area (Å²) >= 11 is 1.90. The molecular formula is C27H41N3O7S. The topological polar surface area (TPSA) is 124 Å². The molecule has 0 bridgehead atoms. The number of ketones is 1. The molecule has 2 heterocycles. The lowest BCUT2D eigenvalue weighted by atomic mass is 10.0. The standard InChI is InChI=1S/C27H41N3O7S/c31-23(21-6-2-1-3-7-21)10-12-34-14-16-36-18-19-37-17-15-35-13-11-28-25(32)9-5-4-8-24-26-22(20-38-24)29-27(33)30-26/h1-3,6-7,22,24,26H,4-5,8-20H2,(H,28,32)(H2,29,30,33). The Morgan fingerprint density at radius 2 is 1.50 bits per heavy atom. The number of ether oxygens (including phenoxy) is 4. The van der Waals surface area contributed by atoms with Crippen molar-refractivity contribution in [1.29, 1.82) is 0 Å². The highest BCUT2D eigenvalue weighted by Crippen LogP contribution is 2.33. The minimum Gasteiger partial charge on any atom is -0.379 e. The van der Waals surface area contributed by atoms with Gasteiger partial charge in [0.1, 0.15) is 0 Å². The van der Waals surface area contributed by atoms with Gasteiger partial charge in [-0.25, -0.2) is 4.79 Å². The number of unbranched alkanes of at least 4 members (excludes halogenated alkanes) is 1. The average Bonchev–Trinajstić information content (AvgIpc) is 3.48. The van der Waals surface area contributed by atoms with E-state index >= 15 is 0 Å². The van der Waals surface area contributed by atoms with Crippen LogP contribution in [0.2, 0.25) is 0 Å². The summed E-state index contributed by atoms with van der Waals surface area (Å²) in [6.45, 7) is 4.07. The summed E-state index contributed by atoms with van der Waals surface area (Å²) in [4.78, 5) is 35.3. The van der Waals surface area contributed by atoms with Crippen molar-refractivity contribution < 1.29 is 33.3 Å². The third kappa shape index (κ3) is 11.7. The molecular weight excluding hydrogens is 510 g/mol. The van der Waals surface area contributed by atoms with Crippen molar-refractivity contribution in [3.05, 3.63) is 35.9 Å². The molecule has 11 heteroatoms. The third-order valence-corrected chi connectivity index (χ3v) is 7.84. The number of carbonyl (C=O) groups excluding carboxylic acids is 3. The van der Waals surface area contributed by atoms with Crippen LogP contribution in [0.1, 0.15) is 42.5 Å². The smallest absolute Gasteiger partial charge is 0.315 e. The van der Waals surface area contributed by atoms with Crippen LogP contribution in [0.15, 0.2) is 30.3 Å². The summed E-state index contributed by atoms with van der Waals surface area (Å²) in [7, 11) is 0. The van der Waals surface area contributed by atoms with Crippen molar-refractivity contribution in [3.8, 4) is 0 Å². The zero-order chi connectivity index (χ0) is 26.8. The lowest BCUT2D eigenvalue weighted by Gasteiger charge is -2.16. The highest BCUT2D eigenvalue weighted by atomic mass is 32.2. The van der Waals surface area contributed by atoms with Gasteiger partial charge < -0.3 is 34.9 Å². The predicted molar refractivity (Wildman–Crippen MR) is 146 cm³/mol. The molecule has 2 aliphatic rings. The number of Topliss-reactive ketones (excluding diaryl/α,β-unsaturated/α-hetero) is 1. The number of thioether (sulfide) groups is 1. The van der Waals surface area contributed by atoms with E-state index in [0.717, 1.165) is 25.0 Å². The first kappa shape index (κ1) is 30.4. The monoisotopic (exact) mass is 551 g/mol. The molecule has 212 valence electrons. The maximum atomic E-state index is 12.0. The van der Waals surface area contributed by atoms with Crippen LogP contribution < -0.4 is 16.0 Å². The number of nitrogens with one attached hydrogen (secondary N) is 3. The molecule has 2 saturated heterocycles. The maximum Gasteiger partial charge on any atom is 0.315 e. The van der Waals surface area contributed by atoms with Gasteiger partial charge in [0.2, 0.25) is 5.91 Å². The molecule has 3 atom stereocenters. The summed E-state index contributed by atoms with van der Waals surface area (Å²) in [5.74, 6) is 1.08. The summed E-state index contributed by atoms with van der Waals surface area (Å²) in [6, 6.07) is 9.62. The van der Waals surface area contributed by atoms with Crippen LogP contribution in [0.3, 0.4) is 0 Å². The molecule has 0 saturated carbocycles. The van der Waals surface area contributed by atoms with Crippen LogP contribution in [-0.4, -0.2) is 100 Å². The molecule has 2 aliphatic heterocycles. The number of carbonyl (C=O) groups is 3. The van der Waals surface area contributed by atoms with E-state index in [1.807, 2.05) is 30.0 Å². The van der Waals surface area contributed by atoms with Gasteiger partial charge >= 0.3 is 6.03 Å². The molecule has 0 radical (unpaired) electrons. The van der Waals surface area contributed by atoms with Crippen molar-refractivity contribution in [1.82, 2.24) is 16.0 Å². The fraction of sp³-hybridized carbons (Fsp3) is 0.667. The molecule has 38 heavy (non-hydrogen) atoms. The zero-order valence-electron chi connectivity index (χ0n) is 22.0. The molecule has 3 amide bonds. The second-order valence-electron chi connectivity index (χ2n) is 9.21. The number of fused-ring (bicyclic) bond motifs is 1. The molecule has 1 aromatic carbocycles. The van der Waals surface area contributed by atoms with E-state index in [4.69, 9.17) is 18.9 Å². The van der Waals surface area contributed by atoms with Crippen molar-refractivity contribution >= 4 is 29.5 Å².